The molecule has 6 heteroatoms. The SMILES string of the molecule is Cc1cc(C)cc(NC(=O)c2cnc(Nc3cc(Cl)ccc3C)nc2)c1. The molecule has 0 radical (unpaired) electrons. The van der Waals surface area contributed by atoms with Gasteiger partial charge in [-0.25, -0.2) is 9.97 Å². The van der Waals surface area contributed by atoms with Gasteiger partial charge in [0.05, 0.1) is 5.56 Å². The number of anilines is 3. The van der Waals surface area contributed by atoms with Crippen LogP contribution in [0.5, 0.6) is 0 Å². The molecule has 0 atom stereocenters. The lowest BCUT2D eigenvalue weighted by molar-refractivity contribution is 0.102. The number of aromatic nitrogens is 2. The molecule has 0 aliphatic heterocycles. The number of hydrogen-bond acceptors (Lipinski definition) is 4. The van der Waals surface area contributed by atoms with E-state index in [2.05, 4.69) is 26.7 Å². The summed E-state index contributed by atoms with van der Waals surface area (Å²) in [4.78, 5) is 20.8. The molecule has 2 N–H and O–H groups in total. The topological polar surface area (TPSA) is 66.9 Å². The number of hydrogen-bond donors (Lipinski definition) is 2. The average molecular weight is 367 g/mol. The third-order valence-electron chi connectivity index (χ3n) is 3.84. The third kappa shape index (κ3) is 4.37. The molecule has 5 nitrogen and oxygen atoms in total. The Bertz CT molecular complexity index is 934. The zero-order chi connectivity index (χ0) is 18.7. The summed E-state index contributed by atoms with van der Waals surface area (Å²) in [6.45, 7) is 5.94. The number of halogens is 1. The normalized spacial score (nSPS) is 10.5. The van der Waals surface area contributed by atoms with Crippen molar-refractivity contribution in [3.63, 3.8) is 0 Å². The predicted octanol–water partition coefficient (Wildman–Crippen LogP) is 5.05. The van der Waals surface area contributed by atoms with Crippen molar-refractivity contribution < 1.29 is 4.79 Å². The highest BCUT2D eigenvalue weighted by Crippen LogP contribution is 2.22. The number of amides is 1. The van der Waals surface area contributed by atoms with E-state index in [0.717, 1.165) is 28.1 Å². The average Bonchev–Trinajstić information content (AvgIpc) is 2.58. The van der Waals surface area contributed by atoms with Crippen molar-refractivity contribution in [3.8, 4) is 0 Å². The summed E-state index contributed by atoms with van der Waals surface area (Å²) in [6.07, 6.45) is 2.99. The summed E-state index contributed by atoms with van der Waals surface area (Å²) in [6, 6.07) is 11.4. The summed E-state index contributed by atoms with van der Waals surface area (Å²) in [5, 5.41) is 6.60. The van der Waals surface area contributed by atoms with Gasteiger partial charge in [-0.1, -0.05) is 23.7 Å². The first kappa shape index (κ1) is 17.9. The van der Waals surface area contributed by atoms with E-state index in [-0.39, 0.29) is 5.91 Å². The van der Waals surface area contributed by atoms with E-state index in [9.17, 15) is 4.79 Å². The van der Waals surface area contributed by atoms with Gasteiger partial charge in [0.2, 0.25) is 5.95 Å². The maximum Gasteiger partial charge on any atom is 0.258 e. The second-order valence-corrected chi connectivity index (χ2v) is 6.65. The van der Waals surface area contributed by atoms with Gasteiger partial charge in [-0.3, -0.25) is 4.79 Å². The quantitative estimate of drug-likeness (QED) is 0.678. The van der Waals surface area contributed by atoms with Crippen LogP contribution in [0.4, 0.5) is 17.3 Å². The van der Waals surface area contributed by atoms with Gasteiger partial charge in [-0.2, -0.15) is 0 Å². The molecular formula is C20H19ClN4O. The molecule has 3 aromatic rings. The minimum Gasteiger partial charge on any atom is -0.324 e. The van der Waals surface area contributed by atoms with E-state index in [1.54, 1.807) is 6.07 Å². The zero-order valence-electron chi connectivity index (χ0n) is 14.8. The van der Waals surface area contributed by atoms with E-state index < -0.39 is 0 Å². The van der Waals surface area contributed by atoms with Crippen LogP contribution >= 0.6 is 11.6 Å². The van der Waals surface area contributed by atoms with Gasteiger partial charge < -0.3 is 10.6 Å². The van der Waals surface area contributed by atoms with Crippen LogP contribution in [0.2, 0.25) is 5.02 Å². The molecule has 2 aromatic carbocycles. The van der Waals surface area contributed by atoms with Crippen LogP contribution < -0.4 is 10.6 Å². The lowest BCUT2D eigenvalue weighted by Crippen LogP contribution is -2.13. The Labute approximate surface area is 157 Å². The van der Waals surface area contributed by atoms with Crippen molar-refractivity contribution in [2.45, 2.75) is 20.8 Å². The smallest absolute Gasteiger partial charge is 0.258 e. The molecule has 0 aliphatic rings. The predicted molar refractivity (Wildman–Crippen MR) is 105 cm³/mol. The first-order valence-corrected chi connectivity index (χ1v) is 8.53. The summed E-state index contributed by atoms with van der Waals surface area (Å²) in [7, 11) is 0. The van der Waals surface area contributed by atoms with Gasteiger partial charge in [0.15, 0.2) is 0 Å². The van der Waals surface area contributed by atoms with Crippen molar-refractivity contribution in [1.82, 2.24) is 9.97 Å². The third-order valence-corrected chi connectivity index (χ3v) is 4.07. The van der Waals surface area contributed by atoms with Crippen molar-refractivity contribution in [2.24, 2.45) is 0 Å². The van der Waals surface area contributed by atoms with E-state index >= 15 is 0 Å². The Balaban J connectivity index is 1.72. The van der Waals surface area contributed by atoms with Crippen LogP contribution in [0.1, 0.15) is 27.0 Å². The number of nitrogens with one attached hydrogen (secondary N) is 2. The summed E-state index contributed by atoms with van der Waals surface area (Å²) in [5.74, 6) is 0.152. The molecule has 0 saturated carbocycles. The lowest BCUT2D eigenvalue weighted by Gasteiger charge is -2.10. The van der Waals surface area contributed by atoms with E-state index in [1.807, 2.05) is 45.0 Å². The number of carbonyl (C=O) groups excluding carboxylic acids is 1. The molecule has 0 fully saturated rings. The zero-order valence-corrected chi connectivity index (χ0v) is 15.6. The first-order chi connectivity index (χ1) is 12.4. The maximum atomic E-state index is 12.4. The number of benzene rings is 2. The van der Waals surface area contributed by atoms with Crippen LogP contribution in [0.3, 0.4) is 0 Å². The van der Waals surface area contributed by atoms with Crippen molar-refractivity contribution in [2.75, 3.05) is 10.6 Å². The highest BCUT2D eigenvalue weighted by Gasteiger charge is 2.09. The van der Waals surface area contributed by atoms with Crippen LogP contribution in [0.15, 0.2) is 48.8 Å². The minimum atomic E-state index is -0.250. The van der Waals surface area contributed by atoms with E-state index in [1.165, 1.54) is 12.4 Å². The molecule has 132 valence electrons. The summed E-state index contributed by atoms with van der Waals surface area (Å²) < 4.78 is 0. The molecular weight excluding hydrogens is 348 g/mol. The number of carbonyl (C=O) groups is 1. The largest absolute Gasteiger partial charge is 0.324 e. The second-order valence-electron chi connectivity index (χ2n) is 6.21. The Morgan fingerprint density at radius 2 is 1.62 bits per heavy atom. The van der Waals surface area contributed by atoms with Gasteiger partial charge in [0, 0.05) is 28.8 Å². The van der Waals surface area contributed by atoms with Crippen LogP contribution in [0, 0.1) is 20.8 Å². The monoisotopic (exact) mass is 366 g/mol. The standard InChI is InChI=1S/C20H19ClN4O/c1-12-6-13(2)8-17(7-12)24-19(26)15-10-22-20(23-11-15)25-18-9-16(21)5-4-14(18)3/h4-11H,1-3H3,(H,24,26)(H,22,23,25). The Morgan fingerprint density at radius 3 is 2.27 bits per heavy atom. The second kappa shape index (κ2) is 7.54. The molecule has 1 aromatic heterocycles. The van der Waals surface area contributed by atoms with Gasteiger partial charge >= 0.3 is 0 Å². The number of nitrogens with zero attached hydrogens (tertiary/aromatic N) is 2. The molecule has 1 amide bonds. The lowest BCUT2D eigenvalue weighted by atomic mass is 10.1. The molecule has 26 heavy (non-hydrogen) atoms. The molecule has 0 spiro atoms. The molecule has 1 heterocycles. The summed E-state index contributed by atoms with van der Waals surface area (Å²) in [5.41, 5.74) is 5.17. The van der Waals surface area contributed by atoms with Gasteiger partial charge in [0.1, 0.15) is 0 Å². The molecule has 0 aliphatic carbocycles. The van der Waals surface area contributed by atoms with Crippen LogP contribution in [-0.2, 0) is 0 Å². The van der Waals surface area contributed by atoms with Crippen LogP contribution in [0.25, 0.3) is 0 Å². The van der Waals surface area contributed by atoms with Gasteiger partial charge in [-0.05, 0) is 61.7 Å². The van der Waals surface area contributed by atoms with Gasteiger partial charge in [-0.15, -0.1) is 0 Å². The van der Waals surface area contributed by atoms with E-state index in [4.69, 9.17) is 11.6 Å². The Hall–Kier alpha value is -2.92. The van der Waals surface area contributed by atoms with Crippen molar-refractivity contribution in [1.29, 1.82) is 0 Å². The molecule has 0 unspecified atom stereocenters. The van der Waals surface area contributed by atoms with Crippen molar-refractivity contribution in [3.05, 3.63) is 76.1 Å². The molecule has 3 rings (SSSR count). The Morgan fingerprint density at radius 1 is 0.962 bits per heavy atom. The first-order valence-electron chi connectivity index (χ1n) is 8.15. The maximum absolute atomic E-state index is 12.4. The van der Waals surface area contributed by atoms with Crippen molar-refractivity contribution >= 4 is 34.8 Å². The molecule has 0 saturated heterocycles. The van der Waals surface area contributed by atoms with Crippen LogP contribution in [-0.4, -0.2) is 15.9 Å². The fourth-order valence-corrected chi connectivity index (χ4v) is 2.78. The molecule has 0 bridgehead atoms. The van der Waals surface area contributed by atoms with E-state index in [0.29, 0.717) is 16.5 Å². The number of aryl methyl sites for hydroxylation is 3. The fourth-order valence-electron chi connectivity index (χ4n) is 2.61. The van der Waals surface area contributed by atoms with Gasteiger partial charge in [0.25, 0.3) is 5.91 Å². The fraction of sp³-hybridized carbons (Fsp3) is 0.150. The highest BCUT2D eigenvalue weighted by atomic mass is 35.5. The number of rotatable bonds is 4. The Kier molecular flexibility index (Phi) is 5.19. The highest BCUT2D eigenvalue weighted by molar-refractivity contribution is 6.30. The summed E-state index contributed by atoms with van der Waals surface area (Å²) >= 11 is 6.02. The minimum absolute atomic E-state index is 0.250.